The Kier molecular flexibility index (Phi) is 4.86. The van der Waals surface area contributed by atoms with E-state index in [9.17, 15) is 14.4 Å². The topological polar surface area (TPSA) is 103 Å². The lowest BCUT2D eigenvalue weighted by Crippen LogP contribution is -2.22. The van der Waals surface area contributed by atoms with E-state index in [1.54, 1.807) is 17.6 Å². The zero-order valence-corrected chi connectivity index (χ0v) is 16.4. The quantitative estimate of drug-likeness (QED) is 0.653. The Hall–Kier alpha value is -2.78. The number of hydrogen-bond acceptors (Lipinski definition) is 7. The van der Waals surface area contributed by atoms with E-state index in [4.69, 9.17) is 16.3 Å². The van der Waals surface area contributed by atoms with Gasteiger partial charge in [-0.3, -0.25) is 14.2 Å². The van der Waals surface area contributed by atoms with Crippen LogP contribution in [0.1, 0.15) is 27.5 Å². The molecule has 0 aliphatic carbocycles. The number of carbonyl (C=O) groups excluding carboxylic acids is 2. The fraction of sp³-hybridized carbons (Fsp3) is 0.278. The molecule has 3 aromatic rings. The molecule has 0 saturated carbocycles. The maximum atomic E-state index is 12.7. The number of amides is 1. The van der Waals surface area contributed by atoms with E-state index in [0.717, 1.165) is 30.0 Å². The van der Waals surface area contributed by atoms with Gasteiger partial charge in [-0.2, -0.15) is 0 Å². The molecule has 4 heterocycles. The number of anilines is 1. The summed E-state index contributed by atoms with van der Waals surface area (Å²) in [4.78, 5) is 46.3. The van der Waals surface area contributed by atoms with Gasteiger partial charge in [-0.05, 0) is 31.0 Å². The summed E-state index contributed by atoms with van der Waals surface area (Å²) in [6.07, 6.45) is 3.04. The molecule has 8 nitrogen and oxygen atoms in total. The highest BCUT2D eigenvalue weighted by Crippen LogP contribution is 2.29. The number of fused-ring (bicyclic) bond motifs is 2. The predicted molar refractivity (Wildman–Crippen MR) is 105 cm³/mol. The number of ether oxygens (including phenoxy) is 1. The fourth-order valence-electron chi connectivity index (χ4n) is 3.10. The van der Waals surface area contributed by atoms with Crippen LogP contribution in [-0.4, -0.2) is 33.0 Å². The lowest BCUT2D eigenvalue weighted by atomic mass is 10.2. The van der Waals surface area contributed by atoms with Crippen LogP contribution in [0, 0.1) is 6.92 Å². The van der Waals surface area contributed by atoms with E-state index in [1.807, 2.05) is 0 Å². The van der Waals surface area contributed by atoms with E-state index in [0.29, 0.717) is 33.2 Å². The summed E-state index contributed by atoms with van der Waals surface area (Å²) in [7, 11) is 0. The third kappa shape index (κ3) is 3.38. The molecule has 10 heteroatoms. The summed E-state index contributed by atoms with van der Waals surface area (Å²) in [5.41, 5.74) is 0.404. The second-order valence-electron chi connectivity index (χ2n) is 6.31. The van der Waals surface area contributed by atoms with Crippen molar-refractivity contribution in [3.8, 4) is 0 Å². The molecule has 1 amide bonds. The van der Waals surface area contributed by atoms with Gasteiger partial charge < -0.3 is 10.1 Å². The van der Waals surface area contributed by atoms with Crippen molar-refractivity contribution in [3.63, 3.8) is 0 Å². The average molecular weight is 419 g/mol. The number of thiophene rings is 1. The van der Waals surface area contributed by atoms with E-state index in [-0.39, 0.29) is 10.4 Å². The highest BCUT2D eigenvalue weighted by Gasteiger charge is 2.24. The van der Waals surface area contributed by atoms with E-state index < -0.39 is 18.5 Å². The third-order valence-corrected chi connectivity index (χ3v) is 5.82. The van der Waals surface area contributed by atoms with Gasteiger partial charge in [0.2, 0.25) is 0 Å². The first-order chi connectivity index (χ1) is 13.4. The normalized spacial score (nSPS) is 12.8. The maximum absolute atomic E-state index is 12.7. The predicted octanol–water partition coefficient (Wildman–Crippen LogP) is 2.56. The summed E-state index contributed by atoms with van der Waals surface area (Å²) in [6, 6.07) is 3.12. The fourth-order valence-corrected chi connectivity index (χ4v) is 4.29. The van der Waals surface area contributed by atoms with E-state index >= 15 is 0 Å². The van der Waals surface area contributed by atoms with Crippen molar-refractivity contribution in [1.82, 2.24) is 14.5 Å². The number of carbonyl (C=O) groups is 2. The van der Waals surface area contributed by atoms with Crippen molar-refractivity contribution < 1.29 is 14.3 Å². The smallest absolute Gasteiger partial charge is 0.349 e. The maximum Gasteiger partial charge on any atom is 0.349 e. The van der Waals surface area contributed by atoms with Gasteiger partial charge in [0.1, 0.15) is 21.3 Å². The van der Waals surface area contributed by atoms with Gasteiger partial charge in [0.05, 0.1) is 10.4 Å². The van der Waals surface area contributed by atoms with E-state index in [1.165, 1.54) is 12.3 Å². The summed E-state index contributed by atoms with van der Waals surface area (Å²) >= 11 is 6.85. The van der Waals surface area contributed by atoms with Gasteiger partial charge in [0.15, 0.2) is 6.61 Å². The number of rotatable bonds is 4. The highest BCUT2D eigenvalue weighted by atomic mass is 35.5. The summed E-state index contributed by atoms with van der Waals surface area (Å²) in [5, 5.41) is 3.39. The summed E-state index contributed by atoms with van der Waals surface area (Å²) in [6.45, 7) is 1.86. The van der Waals surface area contributed by atoms with Crippen LogP contribution in [0.3, 0.4) is 0 Å². The van der Waals surface area contributed by atoms with Gasteiger partial charge in [-0.1, -0.05) is 11.6 Å². The van der Waals surface area contributed by atoms with Crippen molar-refractivity contribution in [1.29, 1.82) is 0 Å². The molecular weight excluding hydrogens is 404 g/mol. The molecule has 0 bridgehead atoms. The van der Waals surface area contributed by atoms with Crippen LogP contribution >= 0.6 is 22.9 Å². The van der Waals surface area contributed by atoms with Crippen LogP contribution in [0.2, 0.25) is 5.02 Å². The SMILES string of the molecule is Cc1c(C(=O)OCC(=O)Nc2ccc(Cl)cn2)sc2nc3n(c(=O)c12)CCC3. The van der Waals surface area contributed by atoms with Crippen molar-refractivity contribution in [3.05, 3.63) is 50.0 Å². The van der Waals surface area contributed by atoms with Gasteiger partial charge in [-0.25, -0.2) is 14.8 Å². The zero-order valence-electron chi connectivity index (χ0n) is 14.8. The van der Waals surface area contributed by atoms with Gasteiger partial charge in [0.25, 0.3) is 11.5 Å². The molecule has 0 spiro atoms. The van der Waals surface area contributed by atoms with Crippen molar-refractivity contribution in [2.45, 2.75) is 26.3 Å². The van der Waals surface area contributed by atoms with Crippen LogP contribution in [0.15, 0.2) is 23.1 Å². The molecule has 1 aliphatic rings. The second kappa shape index (κ2) is 7.33. The molecule has 1 aliphatic heterocycles. The molecule has 0 unspecified atom stereocenters. The Morgan fingerprint density at radius 1 is 1.39 bits per heavy atom. The Morgan fingerprint density at radius 3 is 2.96 bits per heavy atom. The monoisotopic (exact) mass is 418 g/mol. The van der Waals surface area contributed by atoms with Crippen LogP contribution in [0.5, 0.6) is 0 Å². The van der Waals surface area contributed by atoms with Gasteiger partial charge >= 0.3 is 5.97 Å². The Labute approximate surface area is 168 Å². The largest absolute Gasteiger partial charge is 0.451 e. The first-order valence-corrected chi connectivity index (χ1v) is 9.75. The first-order valence-electron chi connectivity index (χ1n) is 8.55. The lowest BCUT2D eigenvalue weighted by Gasteiger charge is -2.05. The highest BCUT2D eigenvalue weighted by molar-refractivity contribution is 7.20. The molecule has 0 aromatic carbocycles. The molecule has 144 valence electrons. The molecule has 0 fully saturated rings. The number of nitrogens with zero attached hydrogens (tertiary/aromatic N) is 3. The minimum absolute atomic E-state index is 0.128. The summed E-state index contributed by atoms with van der Waals surface area (Å²) in [5.74, 6) is -0.146. The zero-order chi connectivity index (χ0) is 19.8. The standard InChI is InChI=1S/C18H15ClN4O4S/c1-9-14-16(22-12-3-2-6-23(12)17(14)25)28-15(9)18(26)27-8-13(24)21-11-5-4-10(19)7-20-11/h4-5,7H,2-3,6,8H2,1H3,(H,20,21,24). The summed E-state index contributed by atoms with van der Waals surface area (Å²) < 4.78 is 6.76. The first kappa shape index (κ1) is 18.6. The number of esters is 1. The molecule has 0 atom stereocenters. The van der Waals surface area contributed by atoms with E-state index in [2.05, 4.69) is 15.3 Å². The molecule has 4 rings (SSSR count). The molecule has 28 heavy (non-hydrogen) atoms. The van der Waals surface area contributed by atoms with Gasteiger partial charge in [0, 0.05) is 19.2 Å². The molecule has 1 N–H and O–H groups in total. The molecule has 3 aromatic heterocycles. The Morgan fingerprint density at radius 2 is 2.21 bits per heavy atom. The average Bonchev–Trinajstić information content (AvgIpc) is 3.27. The number of pyridine rings is 1. The minimum atomic E-state index is -0.663. The number of aryl methyl sites for hydroxylation is 2. The number of nitrogens with one attached hydrogen (secondary N) is 1. The lowest BCUT2D eigenvalue weighted by molar-refractivity contribution is -0.119. The Balaban J connectivity index is 1.49. The van der Waals surface area contributed by atoms with Crippen molar-refractivity contribution in [2.24, 2.45) is 0 Å². The second-order valence-corrected chi connectivity index (χ2v) is 7.75. The van der Waals surface area contributed by atoms with Crippen molar-refractivity contribution >= 4 is 50.8 Å². The number of aromatic nitrogens is 3. The number of hydrogen-bond donors (Lipinski definition) is 1. The van der Waals surface area contributed by atoms with Crippen LogP contribution < -0.4 is 10.9 Å². The molecular formula is C18H15ClN4O4S. The molecule has 0 radical (unpaired) electrons. The Bertz CT molecular complexity index is 1150. The van der Waals surface area contributed by atoms with Gasteiger partial charge in [-0.15, -0.1) is 11.3 Å². The number of halogens is 1. The van der Waals surface area contributed by atoms with Crippen LogP contribution in [0.25, 0.3) is 10.2 Å². The third-order valence-electron chi connectivity index (χ3n) is 4.43. The van der Waals surface area contributed by atoms with Crippen LogP contribution in [0.4, 0.5) is 5.82 Å². The van der Waals surface area contributed by atoms with Crippen molar-refractivity contribution in [2.75, 3.05) is 11.9 Å². The molecule has 0 saturated heterocycles. The van der Waals surface area contributed by atoms with Crippen LogP contribution in [-0.2, 0) is 22.5 Å². The minimum Gasteiger partial charge on any atom is -0.451 e.